The van der Waals surface area contributed by atoms with E-state index in [0.717, 1.165) is 44.9 Å². The van der Waals surface area contributed by atoms with Crippen molar-refractivity contribution in [1.29, 1.82) is 0 Å². The van der Waals surface area contributed by atoms with Gasteiger partial charge < -0.3 is 14.7 Å². The van der Waals surface area contributed by atoms with Gasteiger partial charge in [-0.3, -0.25) is 4.90 Å². The van der Waals surface area contributed by atoms with E-state index in [2.05, 4.69) is 48.8 Å². The number of rotatable bonds is 7. The van der Waals surface area contributed by atoms with Crippen molar-refractivity contribution in [2.45, 2.75) is 39.8 Å². The predicted molar refractivity (Wildman–Crippen MR) is 94.9 cm³/mol. The van der Waals surface area contributed by atoms with E-state index >= 15 is 0 Å². The van der Waals surface area contributed by atoms with Gasteiger partial charge in [0.15, 0.2) is 0 Å². The minimum atomic E-state index is 0.262. The van der Waals surface area contributed by atoms with Crippen LogP contribution in [0.15, 0.2) is 18.2 Å². The number of ether oxygens (including phenoxy) is 1. The van der Waals surface area contributed by atoms with Crippen LogP contribution in [-0.2, 0) is 6.54 Å². The second-order valence-corrected chi connectivity index (χ2v) is 7.09. The molecule has 23 heavy (non-hydrogen) atoms. The van der Waals surface area contributed by atoms with E-state index in [1.54, 1.807) is 7.11 Å². The molecule has 1 heterocycles. The van der Waals surface area contributed by atoms with Gasteiger partial charge in [0.25, 0.3) is 0 Å². The smallest absolute Gasteiger partial charge is 0.121 e. The topological polar surface area (TPSA) is 35.9 Å². The van der Waals surface area contributed by atoms with Crippen LogP contribution in [0.1, 0.15) is 31.4 Å². The Bertz CT molecular complexity index is 490. The molecule has 0 aliphatic carbocycles. The molecule has 4 heteroatoms. The first kappa shape index (κ1) is 18.2. The molecule has 130 valence electrons. The summed E-state index contributed by atoms with van der Waals surface area (Å²) in [5, 5.41) is 9.42. The zero-order valence-corrected chi connectivity index (χ0v) is 15.1. The van der Waals surface area contributed by atoms with Gasteiger partial charge in [-0.15, -0.1) is 0 Å². The van der Waals surface area contributed by atoms with E-state index in [4.69, 9.17) is 4.74 Å². The molecule has 0 amide bonds. The van der Waals surface area contributed by atoms with Gasteiger partial charge in [0.2, 0.25) is 0 Å². The molecule has 0 aromatic heterocycles. The van der Waals surface area contributed by atoms with Gasteiger partial charge in [-0.2, -0.15) is 0 Å². The molecule has 1 aliphatic heterocycles. The number of piperazine rings is 1. The molecule has 0 bridgehead atoms. The van der Waals surface area contributed by atoms with Crippen molar-refractivity contribution in [1.82, 2.24) is 9.80 Å². The Morgan fingerprint density at radius 3 is 2.70 bits per heavy atom. The van der Waals surface area contributed by atoms with Crippen LogP contribution >= 0.6 is 0 Å². The maximum absolute atomic E-state index is 9.42. The van der Waals surface area contributed by atoms with Gasteiger partial charge >= 0.3 is 0 Å². The van der Waals surface area contributed by atoms with Crippen LogP contribution < -0.4 is 4.74 Å². The summed E-state index contributed by atoms with van der Waals surface area (Å²) in [6.07, 6.45) is 0.851. The number of hydrogen-bond donors (Lipinski definition) is 1. The van der Waals surface area contributed by atoms with E-state index in [-0.39, 0.29) is 6.61 Å². The Labute approximate surface area is 141 Å². The Balaban J connectivity index is 2.01. The maximum atomic E-state index is 9.42. The van der Waals surface area contributed by atoms with E-state index in [1.807, 2.05) is 0 Å². The molecule has 0 spiro atoms. The van der Waals surface area contributed by atoms with Gasteiger partial charge in [-0.05, 0) is 36.5 Å². The lowest BCUT2D eigenvalue weighted by molar-refractivity contribution is 0.0483. The first-order valence-electron chi connectivity index (χ1n) is 8.74. The Kier molecular flexibility index (Phi) is 6.88. The highest BCUT2D eigenvalue weighted by atomic mass is 16.5. The summed E-state index contributed by atoms with van der Waals surface area (Å²) in [4.78, 5) is 5.06. The molecule has 0 unspecified atom stereocenters. The number of nitrogens with zero attached hydrogens (tertiary/aromatic N) is 2. The lowest BCUT2D eigenvalue weighted by Crippen LogP contribution is -2.53. The summed E-state index contributed by atoms with van der Waals surface area (Å²) in [5.74, 6) is 1.64. The number of methoxy groups -OCH3 is 1. The average Bonchev–Trinajstić information content (AvgIpc) is 2.50. The minimum absolute atomic E-state index is 0.262. The molecular formula is C19H32N2O2. The van der Waals surface area contributed by atoms with Crippen LogP contribution in [0.2, 0.25) is 0 Å². The van der Waals surface area contributed by atoms with Crippen LogP contribution in [-0.4, -0.2) is 60.8 Å². The molecule has 0 radical (unpaired) electrons. The first-order valence-corrected chi connectivity index (χ1v) is 8.74. The largest absolute Gasteiger partial charge is 0.496 e. The standard InChI is InChI=1S/C19H32N2O2/c1-15(2)12-20-8-9-21(18(14-20)7-10-22)13-17-5-6-19(23-4)16(3)11-17/h5-6,11,15,18,22H,7-10,12-14H2,1-4H3/t18-/m0/s1. The number of aliphatic hydroxyl groups is 1. The van der Waals surface area contributed by atoms with Gasteiger partial charge in [0.05, 0.1) is 7.11 Å². The van der Waals surface area contributed by atoms with Crippen LogP contribution in [0, 0.1) is 12.8 Å². The van der Waals surface area contributed by atoms with E-state index in [9.17, 15) is 5.11 Å². The number of aliphatic hydroxyl groups excluding tert-OH is 1. The van der Waals surface area contributed by atoms with Crippen molar-refractivity contribution in [3.63, 3.8) is 0 Å². The molecule has 4 nitrogen and oxygen atoms in total. The second kappa shape index (κ2) is 8.67. The van der Waals surface area contributed by atoms with Gasteiger partial charge in [-0.25, -0.2) is 0 Å². The third kappa shape index (κ3) is 5.20. The first-order chi connectivity index (χ1) is 11.0. The second-order valence-electron chi connectivity index (χ2n) is 7.09. The zero-order valence-electron chi connectivity index (χ0n) is 15.1. The Morgan fingerprint density at radius 2 is 2.09 bits per heavy atom. The molecule has 1 aromatic carbocycles. The molecule has 0 saturated carbocycles. The lowest BCUT2D eigenvalue weighted by atomic mass is 10.0. The average molecular weight is 320 g/mol. The van der Waals surface area contributed by atoms with Gasteiger partial charge in [-0.1, -0.05) is 26.0 Å². The molecule has 1 aromatic rings. The van der Waals surface area contributed by atoms with Gasteiger partial charge in [0, 0.05) is 45.4 Å². The molecule has 1 atom stereocenters. The Hall–Kier alpha value is -1.10. The summed E-state index contributed by atoms with van der Waals surface area (Å²) >= 11 is 0. The van der Waals surface area contributed by atoms with Gasteiger partial charge in [0.1, 0.15) is 5.75 Å². The van der Waals surface area contributed by atoms with Crippen LogP contribution in [0.5, 0.6) is 5.75 Å². The number of benzene rings is 1. The molecular weight excluding hydrogens is 288 g/mol. The molecule has 1 aliphatic rings. The monoisotopic (exact) mass is 320 g/mol. The van der Waals surface area contributed by atoms with Crippen molar-refractivity contribution in [3.05, 3.63) is 29.3 Å². The fourth-order valence-electron chi connectivity index (χ4n) is 3.54. The van der Waals surface area contributed by atoms with E-state index < -0.39 is 0 Å². The van der Waals surface area contributed by atoms with E-state index in [0.29, 0.717) is 12.0 Å². The van der Waals surface area contributed by atoms with Crippen molar-refractivity contribution in [2.75, 3.05) is 39.9 Å². The highest BCUT2D eigenvalue weighted by Gasteiger charge is 2.26. The summed E-state index contributed by atoms with van der Waals surface area (Å²) in [7, 11) is 1.72. The summed E-state index contributed by atoms with van der Waals surface area (Å²) < 4.78 is 5.35. The third-order valence-corrected chi connectivity index (χ3v) is 4.62. The molecule has 1 fully saturated rings. The fourth-order valence-corrected chi connectivity index (χ4v) is 3.54. The summed E-state index contributed by atoms with van der Waals surface area (Å²) in [6, 6.07) is 6.87. The number of aryl methyl sites for hydroxylation is 1. The Morgan fingerprint density at radius 1 is 1.30 bits per heavy atom. The third-order valence-electron chi connectivity index (χ3n) is 4.62. The summed E-state index contributed by atoms with van der Waals surface area (Å²) in [6.45, 7) is 12.3. The molecule has 1 N–H and O–H groups in total. The van der Waals surface area contributed by atoms with Crippen LogP contribution in [0.3, 0.4) is 0 Å². The minimum Gasteiger partial charge on any atom is -0.496 e. The lowest BCUT2D eigenvalue weighted by Gasteiger charge is -2.42. The predicted octanol–water partition coefficient (Wildman–Crippen LogP) is 2.53. The normalized spacial score (nSPS) is 20.2. The van der Waals surface area contributed by atoms with Crippen molar-refractivity contribution in [2.24, 2.45) is 5.92 Å². The van der Waals surface area contributed by atoms with Crippen LogP contribution in [0.25, 0.3) is 0 Å². The quantitative estimate of drug-likeness (QED) is 0.837. The highest BCUT2D eigenvalue weighted by Crippen LogP contribution is 2.22. The SMILES string of the molecule is COc1ccc(CN2CCN(CC(C)C)C[C@@H]2CCO)cc1C. The summed E-state index contributed by atoms with van der Waals surface area (Å²) in [5.41, 5.74) is 2.51. The van der Waals surface area contributed by atoms with Crippen LogP contribution in [0.4, 0.5) is 0 Å². The van der Waals surface area contributed by atoms with Crippen molar-refractivity contribution < 1.29 is 9.84 Å². The maximum Gasteiger partial charge on any atom is 0.121 e. The van der Waals surface area contributed by atoms with Crippen molar-refractivity contribution in [3.8, 4) is 5.75 Å². The molecule has 1 saturated heterocycles. The van der Waals surface area contributed by atoms with E-state index in [1.165, 1.54) is 11.1 Å². The molecule has 2 rings (SSSR count). The fraction of sp³-hybridized carbons (Fsp3) is 0.684. The highest BCUT2D eigenvalue weighted by molar-refractivity contribution is 5.36. The zero-order chi connectivity index (χ0) is 16.8. The van der Waals surface area contributed by atoms with Crippen molar-refractivity contribution >= 4 is 0 Å². The number of hydrogen-bond acceptors (Lipinski definition) is 4.